The summed E-state index contributed by atoms with van der Waals surface area (Å²) in [4.78, 5) is 9.41. The van der Waals surface area contributed by atoms with Crippen LogP contribution in [0, 0.1) is 6.92 Å². The highest BCUT2D eigenvalue weighted by Crippen LogP contribution is 2.23. The van der Waals surface area contributed by atoms with Gasteiger partial charge in [0.1, 0.15) is 11.3 Å². The quantitative estimate of drug-likeness (QED) is 0.528. The minimum absolute atomic E-state index is 0.898. The number of para-hydroxylation sites is 2. The lowest BCUT2D eigenvalue weighted by molar-refractivity contribution is 0.953. The van der Waals surface area contributed by atoms with Gasteiger partial charge in [0.05, 0.1) is 11.0 Å². The van der Waals surface area contributed by atoms with Crippen LogP contribution >= 0.6 is 0 Å². The molecule has 0 aliphatic heterocycles. The second kappa shape index (κ2) is 3.93. The van der Waals surface area contributed by atoms with Crippen LogP contribution in [0.4, 0.5) is 0 Å². The van der Waals surface area contributed by atoms with E-state index in [1.165, 1.54) is 0 Å². The predicted octanol–water partition coefficient (Wildman–Crippen LogP) is 3.20. The molecular formula is C16H14N4. The molecule has 0 aliphatic rings. The predicted molar refractivity (Wildman–Crippen MR) is 79.6 cm³/mol. The van der Waals surface area contributed by atoms with Crippen LogP contribution in [0.15, 0.2) is 48.8 Å². The van der Waals surface area contributed by atoms with Gasteiger partial charge < -0.3 is 8.97 Å². The van der Waals surface area contributed by atoms with E-state index in [4.69, 9.17) is 9.97 Å². The summed E-state index contributed by atoms with van der Waals surface area (Å²) < 4.78 is 4.14. The fourth-order valence-electron chi connectivity index (χ4n) is 2.64. The number of hydrogen-bond acceptors (Lipinski definition) is 2. The number of rotatable bonds is 1. The fourth-order valence-corrected chi connectivity index (χ4v) is 2.64. The number of fused-ring (bicyclic) bond motifs is 2. The molecule has 0 atom stereocenters. The van der Waals surface area contributed by atoms with E-state index in [2.05, 4.69) is 23.6 Å². The van der Waals surface area contributed by atoms with Gasteiger partial charge in [-0.25, -0.2) is 9.97 Å². The van der Waals surface area contributed by atoms with Crippen molar-refractivity contribution < 1.29 is 0 Å². The van der Waals surface area contributed by atoms with Crippen molar-refractivity contribution in [3.05, 3.63) is 54.4 Å². The zero-order valence-corrected chi connectivity index (χ0v) is 11.4. The summed E-state index contributed by atoms with van der Waals surface area (Å²) in [5.41, 5.74) is 5.17. The van der Waals surface area contributed by atoms with Gasteiger partial charge in [0.2, 0.25) is 0 Å². The van der Waals surface area contributed by atoms with Crippen LogP contribution in [-0.2, 0) is 7.05 Å². The monoisotopic (exact) mass is 262 g/mol. The van der Waals surface area contributed by atoms with E-state index in [-0.39, 0.29) is 0 Å². The smallest absolute Gasteiger partial charge is 0.161 e. The Labute approximate surface area is 116 Å². The molecule has 0 N–H and O–H groups in total. The van der Waals surface area contributed by atoms with Crippen LogP contribution in [0.2, 0.25) is 0 Å². The Morgan fingerprint density at radius 1 is 1.00 bits per heavy atom. The van der Waals surface area contributed by atoms with Crippen molar-refractivity contribution in [2.24, 2.45) is 7.05 Å². The van der Waals surface area contributed by atoms with Crippen LogP contribution in [0.1, 0.15) is 5.56 Å². The maximum atomic E-state index is 4.72. The van der Waals surface area contributed by atoms with Gasteiger partial charge in [0, 0.05) is 19.4 Å². The molecular weight excluding hydrogens is 248 g/mol. The molecule has 0 radical (unpaired) electrons. The van der Waals surface area contributed by atoms with Gasteiger partial charge in [0.25, 0.3) is 0 Å². The number of pyridine rings is 1. The number of hydrogen-bond donors (Lipinski definition) is 0. The Hall–Kier alpha value is -2.62. The van der Waals surface area contributed by atoms with E-state index in [1.807, 2.05) is 48.1 Å². The van der Waals surface area contributed by atoms with Gasteiger partial charge in [-0.1, -0.05) is 18.2 Å². The maximum Gasteiger partial charge on any atom is 0.161 e. The van der Waals surface area contributed by atoms with Gasteiger partial charge in [0.15, 0.2) is 5.82 Å². The third kappa shape index (κ3) is 1.48. The van der Waals surface area contributed by atoms with Gasteiger partial charge in [-0.2, -0.15) is 0 Å². The molecule has 20 heavy (non-hydrogen) atoms. The Morgan fingerprint density at radius 2 is 1.85 bits per heavy atom. The third-order valence-corrected chi connectivity index (χ3v) is 3.69. The van der Waals surface area contributed by atoms with E-state index >= 15 is 0 Å². The minimum Gasteiger partial charge on any atom is -0.326 e. The molecule has 0 unspecified atom stereocenters. The van der Waals surface area contributed by atoms with Crippen LogP contribution in [0.5, 0.6) is 0 Å². The summed E-state index contributed by atoms with van der Waals surface area (Å²) in [6.45, 7) is 2.07. The molecule has 3 aromatic heterocycles. The summed E-state index contributed by atoms with van der Waals surface area (Å²) >= 11 is 0. The highest BCUT2D eigenvalue weighted by atomic mass is 15.1. The molecule has 4 rings (SSSR count). The lowest BCUT2D eigenvalue weighted by atomic mass is 10.3. The molecule has 0 amide bonds. The minimum atomic E-state index is 0.898. The molecule has 0 bridgehead atoms. The van der Waals surface area contributed by atoms with Crippen molar-refractivity contribution in [3.63, 3.8) is 0 Å². The molecule has 4 nitrogen and oxygen atoms in total. The Kier molecular flexibility index (Phi) is 2.21. The molecule has 4 aromatic rings. The van der Waals surface area contributed by atoms with Gasteiger partial charge in [-0.15, -0.1) is 0 Å². The SMILES string of the molecule is Cc1cccn2cc(-c3nc4ccccc4n3C)nc12. The van der Waals surface area contributed by atoms with Crippen LogP contribution in [-0.4, -0.2) is 18.9 Å². The lowest BCUT2D eigenvalue weighted by Crippen LogP contribution is -1.92. The zero-order chi connectivity index (χ0) is 13.7. The number of aryl methyl sites for hydroxylation is 2. The topological polar surface area (TPSA) is 35.1 Å². The van der Waals surface area contributed by atoms with Crippen molar-refractivity contribution in [2.75, 3.05) is 0 Å². The third-order valence-electron chi connectivity index (χ3n) is 3.69. The lowest BCUT2D eigenvalue weighted by Gasteiger charge is -1.97. The van der Waals surface area contributed by atoms with E-state index in [0.717, 1.165) is 33.8 Å². The molecule has 0 aliphatic carbocycles. The van der Waals surface area contributed by atoms with E-state index in [0.29, 0.717) is 0 Å². The van der Waals surface area contributed by atoms with E-state index in [1.54, 1.807) is 0 Å². The summed E-state index contributed by atoms with van der Waals surface area (Å²) in [6, 6.07) is 12.2. The van der Waals surface area contributed by atoms with Gasteiger partial charge in [-0.05, 0) is 30.7 Å². The molecule has 3 heterocycles. The Bertz CT molecular complexity index is 930. The van der Waals surface area contributed by atoms with Crippen molar-refractivity contribution in [3.8, 4) is 11.5 Å². The first-order chi connectivity index (χ1) is 9.74. The fraction of sp³-hybridized carbons (Fsp3) is 0.125. The largest absolute Gasteiger partial charge is 0.326 e. The average Bonchev–Trinajstić information content (AvgIpc) is 3.02. The summed E-state index contributed by atoms with van der Waals surface area (Å²) in [6.07, 6.45) is 4.05. The van der Waals surface area contributed by atoms with Crippen molar-refractivity contribution in [1.82, 2.24) is 18.9 Å². The number of aromatic nitrogens is 4. The first kappa shape index (κ1) is 11.2. The van der Waals surface area contributed by atoms with Crippen LogP contribution in [0.25, 0.3) is 28.2 Å². The highest BCUT2D eigenvalue weighted by molar-refractivity contribution is 5.80. The first-order valence-corrected chi connectivity index (χ1v) is 6.60. The summed E-state index contributed by atoms with van der Waals surface area (Å²) in [5.74, 6) is 0.898. The van der Waals surface area contributed by atoms with Crippen molar-refractivity contribution >= 4 is 16.7 Å². The number of nitrogens with zero attached hydrogens (tertiary/aromatic N) is 4. The van der Waals surface area contributed by atoms with Crippen molar-refractivity contribution in [2.45, 2.75) is 6.92 Å². The van der Waals surface area contributed by atoms with Crippen LogP contribution in [0.3, 0.4) is 0 Å². The summed E-state index contributed by atoms with van der Waals surface area (Å²) in [5, 5.41) is 0. The first-order valence-electron chi connectivity index (χ1n) is 6.60. The molecule has 0 saturated heterocycles. The maximum absolute atomic E-state index is 4.72. The Balaban J connectivity index is 2.01. The number of imidazole rings is 2. The molecule has 0 spiro atoms. The molecule has 0 saturated carbocycles. The van der Waals surface area contributed by atoms with Gasteiger partial charge >= 0.3 is 0 Å². The normalized spacial score (nSPS) is 11.5. The van der Waals surface area contributed by atoms with E-state index in [9.17, 15) is 0 Å². The molecule has 98 valence electrons. The van der Waals surface area contributed by atoms with Crippen LogP contribution < -0.4 is 0 Å². The number of benzene rings is 1. The molecule has 1 aromatic carbocycles. The molecule has 0 fully saturated rings. The van der Waals surface area contributed by atoms with Gasteiger partial charge in [-0.3, -0.25) is 0 Å². The molecule has 4 heteroatoms. The van der Waals surface area contributed by atoms with E-state index < -0.39 is 0 Å². The standard InChI is InChI=1S/C16H14N4/c1-11-6-5-9-20-10-13(18-15(11)20)16-17-12-7-3-4-8-14(12)19(16)2/h3-10H,1-2H3. The average molecular weight is 262 g/mol. The Morgan fingerprint density at radius 3 is 2.65 bits per heavy atom. The zero-order valence-electron chi connectivity index (χ0n) is 11.4. The summed E-state index contributed by atoms with van der Waals surface area (Å²) in [7, 11) is 2.03. The second-order valence-electron chi connectivity index (χ2n) is 5.03. The second-order valence-corrected chi connectivity index (χ2v) is 5.03. The van der Waals surface area contributed by atoms with Crippen molar-refractivity contribution in [1.29, 1.82) is 0 Å². The highest BCUT2D eigenvalue weighted by Gasteiger charge is 2.13.